The Bertz CT molecular complexity index is 1500. The van der Waals surface area contributed by atoms with Crippen molar-refractivity contribution in [2.75, 3.05) is 0 Å². The van der Waals surface area contributed by atoms with Crippen LogP contribution in [0, 0.1) is 31.1 Å². The van der Waals surface area contributed by atoms with Gasteiger partial charge in [-0.15, -0.1) is 6.92 Å². The summed E-state index contributed by atoms with van der Waals surface area (Å²) < 4.78 is 0. The number of carboxylic acids is 2. The van der Waals surface area contributed by atoms with Crippen molar-refractivity contribution in [3.63, 3.8) is 0 Å². The second-order valence-electron chi connectivity index (χ2n) is 11.8. The largest absolute Gasteiger partial charge is 0.500 e. The molecule has 0 aliphatic carbocycles. The van der Waals surface area contributed by atoms with E-state index in [9.17, 15) is 29.4 Å². The number of H-pyrrole nitrogens is 1. The molecule has 2 amide bonds. The Kier molecular flexibility index (Phi) is 9.98. The lowest BCUT2D eigenvalue weighted by Gasteiger charge is -2.30. The van der Waals surface area contributed by atoms with E-state index < -0.39 is 11.9 Å². The van der Waals surface area contributed by atoms with Crippen LogP contribution in [0.5, 0.6) is 0 Å². The summed E-state index contributed by atoms with van der Waals surface area (Å²) in [7, 11) is 0. The topological polar surface area (TPSA) is 159 Å². The minimum Gasteiger partial charge on any atom is -0.500 e. The van der Waals surface area contributed by atoms with Gasteiger partial charge >= 0.3 is 11.9 Å². The quantitative estimate of drug-likeness (QED) is 0.153. The molecule has 238 valence electrons. The van der Waals surface area contributed by atoms with Crippen molar-refractivity contribution in [1.82, 2.24) is 16.0 Å². The van der Waals surface area contributed by atoms with Gasteiger partial charge in [0.25, 0.3) is 0 Å². The van der Waals surface area contributed by atoms with Crippen LogP contribution >= 0.6 is 12.6 Å². The van der Waals surface area contributed by atoms with E-state index in [1.54, 1.807) is 0 Å². The van der Waals surface area contributed by atoms with E-state index in [0.29, 0.717) is 17.8 Å². The number of aromatic amines is 1. The predicted molar refractivity (Wildman–Crippen MR) is 170 cm³/mol. The molecule has 44 heavy (non-hydrogen) atoms. The zero-order chi connectivity index (χ0) is 32.5. The third-order valence-electron chi connectivity index (χ3n) is 8.96. The molecule has 0 bridgehead atoms. The number of aromatic nitrogens is 1. The Balaban J connectivity index is 1.73. The number of nitrogens with one attached hydrogen (secondary N) is 4. The Morgan fingerprint density at radius 2 is 1.82 bits per heavy atom. The fraction of sp³-hybridized carbons (Fsp3) is 0.455. The van der Waals surface area contributed by atoms with E-state index >= 15 is 0 Å². The first-order valence-electron chi connectivity index (χ1n) is 15.0. The lowest BCUT2D eigenvalue weighted by molar-refractivity contribution is -0.379. The highest BCUT2D eigenvalue weighted by Gasteiger charge is 2.37. The number of amides is 2. The van der Waals surface area contributed by atoms with E-state index in [0.717, 1.165) is 50.9 Å². The second kappa shape index (κ2) is 13.3. The molecule has 11 heteroatoms. The predicted octanol–water partition coefficient (Wildman–Crippen LogP) is 3.67. The van der Waals surface area contributed by atoms with Gasteiger partial charge in [0.2, 0.25) is 11.8 Å². The molecular weight excluding hydrogens is 580 g/mol. The number of rotatable bonds is 12. The molecule has 4 atom stereocenters. The SMILES string of the molecule is CCC1=C(C)C([CH-]C2=C(C)[C-](CCC(=O)O)/C(=C/[c-]3[nH+]c(/C=C4\NC(=O)[C@H](C)[C@H]4[C@H](C)S)c(C)c3CCC(=O)O)N2)NC1=O. The lowest BCUT2D eigenvalue weighted by Crippen LogP contribution is -2.31. The van der Waals surface area contributed by atoms with Gasteiger partial charge in [-0.25, -0.2) is 12.1 Å². The molecule has 10 nitrogen and oxygen atoms in total. The van der Waals surface area contributed by atoms with E-state index in [1.807, 2.05) is 60.1 Å². The van der Waals surface area contributed by atoms with Gasteiger partial charge in [0.1, 0.15) is 0 Å². The van der Waals surface area contributed by atoms with Crippen molar-refractivity contribution >= 4 is 48.5 Å². The zero-order valence-corrected chi connectivity index (χ0v) is 26.9. The Labute approximate surface area is 263 Å². The molecule has 0 saturated carbocycles. The van der Waals surface area contributed by atoms with Crippen LogP contribution in [-0.4, -0.2) is 45.3 Å². The fourth-order valence-corrected chi connectivity index (χ4v) is 6.80. The van der Waals surface area contributed by atoms with Crippen LogP contribution in [0.4, 0.5) is 0 Å². The number of allylic oxidation sites excluding steroid dienone is 2. The molecule has 1 aromatic heterocycles. The van der Waals surface area contributed by atoms with Gasteiger partial charge in [-0.05, 0) is 31.9 Å². The molecule has 1 unspecified atom stereocenters. The number of carbonyl (C=O) groups excluding carboxylic acids is 2. The molecule has 0 spiro atoms. The van der Waals surface area contributed by atoms with Gasteiger partial charge in [-0.1, -0.05) is 50.8 Å². The number of hydrogen-bond donors (Lipinski definition) is 6. The summed E-state index contributed by atoms with van der Waals surface area (Å²) >= 11 is 4.62. The lowest BCUT2D eigenvalue weighted by atomic mass is 9.91. The molecular formula is C33H42N4O6S-2. The van der Waals surface area contributed by atoms with Crippen LogP contribution in [0.25, 0.3) is 12.2 Å². The fourth-order valence-electron chi connectivity index (χ4n) is 6.38. The molecule has 4 heterocycles. The van der Waals surface area contributed by atoms with Gasteiger partial charge in [0.15, 0.2) is 0 Å². The Hall–Kier alpha value is -3.99. The highest BCUT2D eigenvalue weighted by atomic mass is 32.1. The van der Waals surface area contributed by atoms with E-state index in [1.165, 1.54) is 0 Å². The maximum absolute atomic E-state index is 12.5. The average Bonchev–Trinajstić information content (AvgIpc) is 3.59. The van der Waals surface area contributed by atoms with E-state index in [4.69, 9.17) is 0 Å². The van der Waals surface area contributed by atoms with Crippen LogP contribution in [0.15, 0.2) is 33.8 Å². The third-order valence-corrected chi connectivity index (χ3v) is 9.28. The molecule has 1 saturated heterocycles. The van der Waals surface area contributed by atoms with Crippen LogP contribution < -0.4 is 20.9 Å². The third kappa shape index (κ3) is 6.72. The average molecular weight is 623 g/mol. The molecule has 1 aromatic rings. The smallest absolute Gasteiger partial charge is 0.303 e. The van der Waals surface area contributed by atoms with Crippen molar-refractivity contribution < 1.29 is 34.4 Å². The van der Waals surface area contributed by atoms with Crippen molar-refractivity contribution in [3.8, 4) is 0 Å². The van der Waals surface area contributed by atoms with Gasteiger partial charge in [-0.2, -0.15) is 24.4 Å². The van der Waals surface area contributed by atoms with Crippen LogP contribution in [0.1, 0.15) is 82.8 Å². The second-order valence-corrected chi connectivity index (χ2v) is 12.6. The first kappa shape index (κ1) is 32.9. The van der Waals surface area contributed by atoms with Crippen LogP contribution in [-0.2, 0) is 25.6 Å². The highest BCUT2D eigenvalue weighted by Crippen LogP contribution is 2.39. The summed E-state index contributed by atoms with van der Waals surface area (Å²) in [5.74, 6) is -1.47. The number of hydrogen-bond acceptors (Lipinski definition) is 6. The van der Waals surface area contributed by atoms with Crippen LogP contribution in [0.2, 0.25) is 0 Å². The Morgan fingerprint density at radius 3 is 2.41 bits per heavy atom. The number of carbonyl (C=O) groups is 4. The van der Waals surface area contributed by atoms with E-state index in [2.05, 4.69) is 33.6 Å². The Morgan fingerprint density at radius 1 is 1.14 bits per heavy atom. The minimum absolute atomic E-state index is 0.0621. The molecule has 6 N–H and O–H groups in total. The monoisotopic (exact) mass is 622 g/mol. The zero-order valence-electron chi connectivity index (χ0n) is 26.1. The van der Waals surface area contributed by atoms with Crippen LogP contribution in [0.3, 0.4) is 0 Å². The summed E-state index contributed by atoms with van der Waals surface area (Å²) in [4.78, 5) is 51.5. The first-order chi connectivity index (χ1) is 20.7. The normalized spacial score (nSPS) is 24.3. The van der Waals surface area contributed by atoms with E-state index in [-0.39, 0.29) is 60.6 Å². The minimum atomic E-state index is -0.916. The standard InChI is InChI=1S/C33H42N4O6S/c1-7-20-15(2)25(36-33(20)43)12-23-16(3)21(8-10-29(38)39)26(34-23)14-27-22(9-11-30(40)41)17(4)24(35-27)13-28-31(19(6)44)18(5)32(42)37-28/h12-14,18-19,25,31,34-35,44H,7-11H2,1-6H3,(H,36,43)(H,37,42)(H,38,39)(H,40,41)/q-2/b26-14-,28-13-/t18-,19+,25?,31+/m1/s1. The van der Waals surface area contributed by atoms with Gasteiger partial charge in [0, 0.05) is 41.2 Å². The van der Waals surface area contributed by atoms with Gasteiger partial charge in [-0.3, -0.25) is 30.7 Å². The number of carboxylic acid groups (broad SMARTS) is 2. The van der Waals surface area contributed by atoms with Gasteiger partial charge in [0.05, 0.1) is 11.4 Å². The first-order valence-corrected chi connectivity index (χ1v) is 15.5. The molecule has 3 aliphatic heterocycles. The van der Waals surface area contributed by atoms with Crippen molar-refractivity contribution in [2.24, 2.45) is 11.8 Å². The summed E-state index contributed by atoms with van der Waals surface area (Å²) in [6.45, 7) is 11.6. The highest BCUT2D eigenvalue weighted by molar-refractivity contribution is 7.80. The number of aliphatic carboxylic acids is 2. The molecule has 0 aromatic carbocycles. The van der Waals surface area contributed by atoms with Crippen molar-refractivity contribution in [1.29, 1.82) is 0 Å². The maximum Gasteiger partial charge on any atom is 0.303 e. The summed E-state index contributed by atoms with van der Waals surface area (Å²) in [6.07, 6.45) is 6.83. The summed E-state index contributed by atoms with van der Waals surface area (Å²) in [6, 6.07) is -0.279. The van der Waals surface area contributed by atoms with Gasteiger partial charge < -0.3 is 31.1 Å². The number of thiol groups is 1. The molecule has 1 fully saturated rings. The van der Waals surface area contributed by atoms with Crippen molar-refractivity contribution in [3.05, 3.63) is 68.7 Å². The summed E-state index contributed by atoms with van der Waals surface area (Å²) in [5, 5.41) is 28.3. The molecule has 3 aliphatic rings. The molecule has 0 radical (unpaired) electrons. The summed E-state index contributed by atoms with van der Waals surface area (Å²) in [5.41, 5.74) is 8.00. The maximum atomic E-state index is 12.5. The van der Waals surface area contributed by atoms with Crippen molar-refractivity contribution in [2.45, 2.75) is 84.9 Å². The molecule has 4 rings (SSSR count).